The van der Waals surface area contributed by atoms with Gasteiger partial charge in [-0.25, -0.2) is 4.98 Å². The second-order valence-electron chi connectivity index (χ2n) is 8.10. The lowest BCUT2D eigenvalue weighted by molar-refractivity contribution is 0.0917. The molecule has 0 N–H and O–H groups in total. The van der Waals surface area contributed by atoms with Gasteiger partial charge >= 0.3 is 0 Å². The number of para-hydroxylation sites is 2. The highest BCUT2D eigenvalue weighted by molar-refractivity contribution is 7.22. The first-order valence-corrected chi connectivity index (χ1v) is 12.2. The molecule has 1 unspecified atom stereocenters. The quantitative estimate of drug-likeness (QED) is 0.318. The molecule has 1 aliphatic heterocycles. The summed E-state index contributed by atoms with van der Waals surface area (Å²) >= 11 is 1.56. The Labute approximate surface area is 197 Å². The SMILES string of the molecule is CCc1cccc2sc(N(CC3CCCO3)C(=O)c3ccc(Oc4ccccc4)cc3)nc12. The molecule has 0 saturated carbocycles. The molecule has 1 atom stereocenters. The van der Waals surface area contributed by atoms with Gasteiger partial charge in [0.25, 0.3) is 5.91 Å². The van der Waals surface area contributed by atoms with E-state index in [1.807, 2.05) is 54.6 Å². The van der Waals surface area contributed by atoms with Gasteiger partial charge in [-0.2, -0.15) is 0 Å². The van der Waals surface area contributed by atoms with Gasteiger partial charge in [-0.05, 0) is 67.3 Å². The van der Waals surface area contributed by atoms with Crippen molar-refractivity contribution in [3.63, 3.8) is 0 Å². The Morgan fingerprint density at radius 2 is 1.85 bits per heavy atom. The Morgan fingerprint density at radius 3 is 2.58 bits per heavy atom. The van der Waals surface area contributed by atoms with Crippen LogP contribution in [-0.2, 0) is 11.2 Å². The van der Waals surface area contributed by atoms with Crippen molar-refractivity contribution in [3.8, 4) is 11.5 Å². The first kappa shape index (κ1) is 21.6. The van der Waals surface area contributed by atoms with Crippen LogP contribution >= 0.6 is 11.3 Å². The molecule has 0 spiro atoms. The summed E-state index contributed by atoms with van der Waals surface area (Å²) < 4.78 is 12.8. The zero-order valence-corrected chi connectivity index (χ0v) is 19.4. The van der Waals surface area contributed by atoms with Gasteiger partial charge in [-0.3, -0.25) is 9.69 Å². The smallest absolute Gasteiger partial charge is 0.260 e. The first-order valence-electron chi connectivity index (χ1n) is 11.4. The van der Waals surface area contributed by atoms with E-state index in [0.29, 0.717) is 17.9 Å². The van der Waals surface area contributed by atoms with Crippen LogP contribution in [0.4, 0.5) is 5.13 Å². The number of carbonyl (C=O) groups is 1. The molecule has 1 aliphatic rings. The van der Waals surface area contributed by atoms with E-state index < -0.39 is 0 Å². The van der Waals surface area contributed by atoms with E-state index in [1.54, 1.807) is 16.2 Å². The van der Waals surface area contributed by atoms with E-state index in [1.165, 1.54) is 5.56 Å². The average molecular weight is 459 g/mol. The fraction of sp³-hybridized carbons (Fsp3) is 0.259. The third kappa shape index (κ3) is 4.77. The minimum absolute atomic E-state index is 0.0345. The van der Waals surface area contributed by atoms with Crippen molar-refractivity contribution in [1.29, 1.82) is 0 Å². The van der Waals surface area contributed by atoms with Crippen LogP contribution in [0.3, 0.4) is 0 Å². The first-order chi connectivity index (χ1) is 16.2. The summed E-state index contributed by atoms with van der Waals surface area (Å²) in [4.78, 5) is 20.3. The number of rotatable bonds is 7. The molecule has 1 saturated heterocycles. The molecule has 168 valence electrons. The van der Waals surface area contributed by atoms with E-state index >= 15 is 0 Å². The number of aromatic nitrogens is 1. The van der Waals surface area contributed by atoms with Gasteiger partial charge in [-0.1, -0.05) is 48.6 Å². The molecule has 0 radical (unpaired) electrons. The number of benzene rings is 3. The Balaban J connectivity index is 1.43. The predicted octanol–water partition coefficient (Wildman–Crippen LogP) is 6.48. The van der Waals surface area contributed by atoms with Gasteiger partial charge < -0.3 is 9.47 Å². The maximum Gasteiger partial charge on any atom is 0.260 e. The summed E-state index contributed by atoms with van der Waals surface area (Å²) in [6.07, 6.45) is 2.92. The highest BCUT2D eigenvalue weighted by atomic mass is 32.1. The van der Waals surface area contributed by atoms with Crippen molar-refractivity contribution >= 4 is 32.6 Å². The number of hydrogen-bond donors (Lipinski definition) is 0. The lowest BCUT2D eigenvalue weighted by Crippen LogP contribution is -2.37. The largest absolute Gasteiger partial charge is 0.457 e. The Kier molecular flexibility index (Phi) is 6.37. The number of ether oxygens (including phenoxy) is 2. The summed E-state index contributed by atoms with van der Waals surface area (Å²) in [6, 6.07) is 23.1. The number of aryl methyl sites for hydroxylation is 1. The molecular formula is C27H26N2O3S. The number of nitrogens with zero attached hydrogens (tertiary/aromatic N) is 2. The van der Waals surface area contributed by atoms with Gasteiger partial charge in [0, 0.05) is 12.2 Å². The molecule has 2 heterocycles. The number of amides is 1. The Morgan fingerprint density at radius 1 is 1.06 bits per heavy atom. The summed E-state index contributed by atoms with van der Waals surface area (Å²) in [5.74, 6) is 1.38. The molecule has 1 aromatic heterocycles. The van der Waals surface area contributed by atoms with Crippen molar-refractivity contribution in [2.75, 3.05) is 18.1 Å². The number of carbonyl (C=O) groups excluding carboxylic acids is 1. The van der Waals surface area contributed by atoms with E-state index in [4.69, 9.17) is 14.5 Å². The molecule has 33 heavy (non-hydrogen) atoms. The highest BCUT2D eigenvalue weighted by Gasteiger charge is 2.27. The van der Waals surface area contributed by atoms with Crippen molar-refractivity contribution in [1.82, 2.24) is 4.98 Å². The minimum Gasteiger partial charge on any atom is -0.457 e. The van der Waals surface area contributed by atoms with Gasteiger partial charge in [0.2, 0.25) is 0 Å². The zero-order chi connectivity index (χ0) is 22.6. The lowest BCUT2D eigenvalue weighted by Gasteiger charge is -2.23. The third-order valence-electron chi connectivity index (χ3n) is 5.84. The van der Waals surface area contributed by atoms with Gasteiger partial charge in [-0.15, -0.1) is 0 Å². The molecule has 4 aromatic rings. The van der Waals surface area contributed by atoms with E-state index in [0.717, 1.165) is 47.0 Å². The zero-order valence-electron chi connectivity index (χ0n) is 18.6. The van der Waals surface area contributed by atoms with Crippen LogP contribution in [-0.4, -0.2) is 30.1 Å². The van der Waals surface area contributed by atoms with Crippen LogP contribution in [0.2, 0.25) is 0 Å². The predicted molar refractivity (Wildman–Crippen MR) is 133 cm³/mol. The summed E-state index contributed by atoms with van der Waals surface area (Å²) in [6.45, 7) is 3.38. The monoisotopic (exact) mass is 458 g/mol. The molecule has 6 heteroatoms. The molecule has 1 fully saturated rings. The Bertz CT molecular complexity index is 1230. The topological polar surface area (TPSA) is 51.7 Å². The fourth-order valence-corrected chi connectivity index (χ4v) is 5.10. The second-order valence-corrected chi connectivity index (χ2v) is 9.11. The molecule has 3 aromatic carbocycles. The standard InChI is InChI=1S/C27H26N2O3S/c1-2-19-8-6-12-24-25(19)28-27(33-24)29(18-23-11-7-17-31-23)26(30)20-13-15-22(16-14-20)32-21-9-4-3-5-10-21/h3-6,8-10,12-16,23H,2,7,11,17-18H2,1H3. The van der Waals surface area contributed by atoms with Gasteiger partial charge in [0.1, 0.15) is 11.5 Å². The molecule has 0 bridgehead atoms. The summed E-state index contributed by atoms with van der Waals surface area (Å²) in [5.41, 5.74) is 2.78. The summed E-state index contributed by atoms with van der Waals surface area (Å²) in [5, 5.41) is 0.719. The number of anilines is 1. The average Bonchev–Trinajstić information content (AvgIpc) is 3.53. The van der Waals surface area contributed by atoms with Gasteiger partial charge in [0.15, 0.2) is 5.13 Å². The number of hydrogen-bond acceptors (Lipinski definition) is 5. The Hall–Kier alpha value is -3.22. The fourth-order valence-electron chi connectivity index (χ4n) is 4.08. The van der Waals surface area contributed by atoms with E-state index in [9.17, 15) is 4.79 Å². The molecule has 1 amide bonds. The maximum atomic E-state index is 13.6. The van der Waals surface area contributed by atoms with Crippen LogP contribution in [0.25, 0.3) is 10.2 Å². The lowest BCUT2D eigenvalue weighted by atomic mass is 10.1. The summed E-state index contributed by atoms with van der Waals surface area (Å²) in [7, 11) is 0. The van der Waals surface area contributed by atoms with Crippen molar-refractivity contribution in [2.24, 2.45) is 0 Å². The van der Waals surface area contributed by atoms with Crippen LogP contribution < -0.4 is 9.64 Å². The highest BCUT2D eigenvalue weighted by Crippen LogP contribution is 2.33. The van der Waals surface area contributed by atoms with Crippen LogP contribution in [0.5, 0.6) is 11.5 Å². The van der Waals surface area contributed by atoms with E-state index in [-0.39, 0.29) is 12.0 Å². The molecular weight excluding hydrogens is 432 g/mol. The van der Waals surface area contributed by atoms with Crippen LogP contribution in [0, 0.1) is 0 Å². The third-order valence-corrected chi connectivity index (χ3v) is 6.88. The van der Waals surface area contributed by atoms with Crippen molar-refractivity contribution in [3.05, 3.63) is 83.9 Å². The van der Waals surface area contributed by atoms with Crippen LogP contribution in [0.15, 0.2) is 72.8 Å². The number of fused-ring (bicyclic) bond motifs is 1. The molecule has 5 rings (SSSR count). The van der Waals surface area contributed by atoms with Crippen LogP contribution in [0.1, 0.15) is 35.7 Å². The maximum absolute atomic E-state index is 13.6. The molecule has 0 aliphatic carbocycles. The molecule has 5 nitrogen and oxygen atoms in total. The van der Waals surface area contributed by atoms with Crippen molar-refractivity contribution in [2.45, 2.75) is 32.3 Å². The minimum atomic E-state index is -0.0751. The normalized spacial score (nSPS) is 15.6. The second kappa shape index (κ2) is 9.73. The van der Waals surface area contributed by atoms with E-state index in [2.05, 4.69) is 25.1 Å². The van der Waals surface area contributed by atoms with Gasteiger partial charge in [0.05, 0.1) is 22.9 Å². The van der Waals surface area contributed by atoms with Crippen molar-refractivity contribution < 1.29 is 14.3 Å². The number of thiazole rings is 1.